The summed E-state index contributed by atoms with van der Waals surface area (Å²) >= 11 is 7.48. The number of carboxylic acids is 1. The van der Waals surface area contributed by atoms with Crippen molar-refractivity contribution in [3.8, 4) is 5.75 Å². The molecule has 10 heteroatoms. The van der Waals surface area contributed by atoms with Crippen LogP contribution in [0.25, 0.3) is 10.9 Å². The highest BCUT2D eigenvalue weighted by Gasteiger charge is 2.20. The summed E-state index contributed by atoms with van der Waals surface area (Å²) in [5, 5.41) is 10.4. The molecule has 0 fully saturated rings. The first-order chi connectivity index (χ1) is 20.3. The first-order valence-electron chi connectivity index (χ1n) is 13.0. The van der Waals surface area contributed by atoms with Crippen LogP contribution in [0.1, 0.15) is 32.4 Å². The Bertz CT molecular complexity index is 1800. The number of carboxylic acid groups (broad SMARTS) is 1. The van der Waals surface area contributed by atoms with Gasteiger partial charge in [-0.1, -0.05) is 60.1 Å². The molecule has 2 N–H and O–H groups in total. The fourth-order valence-electron chi connectivity index (χ4n) is 4.25. The molecule has 5 aromatic rings. The van der Waals surface area contributed by atoms with E-state index in [2.05, 4.69) is 9.71 Å². The van der Waals surface area contributed by atoms with Crippen molar-refractivity contribution in [2.75, 3.05) is 6.54 Å². The van der Waals surface area contributed by atoms with E-state index in [0.717, 1.165) is 27.7 Å². The van der Waals surface area contributed by atoms with Gasteiger partial charge in [-0.05, 0) is 71.8 Å². The molecule has 0 saturated heterocycles. The Hall–Kier alpha value is -3.89. The van der Waals surface area contributed by atoms with Crippen molar-refractivity contribution in [3.05, 3.63) is 137 Å². The molecule has 214 valence electrons. The minimum Gasteiger partial charge on any atom is -0.487 e. The lowest BCUT2D eigenvalue weighted by Gasteiger charge is -2.19. The summed E-state index contributed by atoms with van der Waals surface area (Å²) in [6, 6.07) is 32.1. The molecular weight excluding hydrogens is 592 g/mol. The smallest absolute Gasteiger partial charge is 0.335 e. The van der Waals surface area contributed by atoms with Crippen LogP contribution in [0.15, 0.2) is 114 Å². The first kappa shape index (κ1) is 29.6. The van der Waals surface area contributed by atoms with Crippen molar-refractivity contribution in [2.24, 2.45) is 0 Å². The van der Waals surface area contributed by atoms with E-state index in [1.165, 1.54) is 24.3 Å². The number of sulfonamides is 1. The standard InChI is InChI=1S/C32H27ClN2O5S2/c33-26-13-16-29(17-14-26)42(38,39)34-19-31(41-21-22-8-10-24(11-9-22)32(36)37)25-5-3-6-28(18-25)40-20-27-15-12-23-4-1-2-7-30(23)35-27/h1-18,31,34H,19-21H2,(H,36,37). The van der Waals surface area contributed by atoms with Gasteiger partial charge >= 0.3 is 5.97 Å². The lowest BCUT2D eigenvalue weighted by Crippen LogP contribution is -2.27. The molecule has 1 unspecified atom stereocenters. The number of aromatic carboxylic acids is 1. The predicted molar refractivity (Wildman–Crippen MR) is 167 cm³/mol. The molecule has 4 aromatic carbocycles. The number of thioether (sulfide) groups is 1. The number of hydrogen-bond acceptors (Lipinski definition) is 6. The minimum absolute atomic E-state index is 0.124. The van der Waals surface area contributed by atoms with Crippen molar-refractivity contribution in [3.63, 3.8) is 0 Å². The van der Waals surface area contributed by atoms with Crippen molar-refractivity contribution in [2.45, 2.75) is 22.5 Å². The monoisotopic (exact) mass is 618 g/mol. The lowest BCUT2D eigenvalue weighted by molar-refractivity contribution is 0.0697. The highest BCUT2D eigenvalue weighted by molar-refractivity contribution is 7.98. The van der Waals surface area contributed by atoms with Gasteiger partial charge in [-0.2, -0.15) is 0 Å². The molecule has 42 heavy (non-hydrogen) atoms. The molecule has 0 aliphatic carbocycles. The second-order valence-electron chi connectivity index (χ2n) is 9.46. The fourth-order valence-corrected chi connectivity index (χ4v) is 6.65. The molecule has 0 bridgehead atoms. The number of halogens is 1. The maximum absolute atomic E-state index is 13.0. The normalized spacial score (nSPS) is 12.2. The molecule has 1 aromatic heterocycles. The first-order valence-corrected chi connectivity index (χ1v) is 15.9. The molecule has 1 atom stereocenters. The summed E-state index contributed by atoms with van der Waals surface area (Å²) in [6.07, 6.45) is 0. The van der Waals surface area contributed by atoms with Gasteiger partial charge in [-0.25, -0.2) is 22.9 Å². The van der Waals surface area contributed by atoms with Crippen molar-refractivity contribution >= 4 is 50.3 Å². The van der Waals surface area contributed by atoms with Crippen LogP contribution in [-0.4, -0.2) is 31.0 Å². The largest absolute Gasteiger partial charge is 0.487 e. The fraction of sp³-hybridized carbons (Fsp3) is 0.125. The van der Waals surface area contributed by atoms with Crippen LogP contribution in [0.5, 0.6) is 5.75 Å². The van der Waals surface area contributed by atoms with E-state index < -0.39 is 16.0 Å². The number of para-hydroxylation sites is 1. The third kappa shape index (κ3) is 7.68. The lowest BCUT2D eigenvalue weighted by atomic mass is 10.1. The van der Waals surface area contributed by atoms with Crippen molar-refractivity contribution in [1.82, 2.24) is 9.71 Å². The van der Waals surface area contributed by atoms with Crippen LogP contribution < -0.4 is 9.46 Å². The highest BCUT2D eigenvalue weighted by Crippen LogP contribution is 2.33. The molecule has 7 nitrogen and oxygen atoms in total. The zero-order chi connectivity index (χ0) is 29.5. The molecule has 1 heterocycles. The van der Waals surface area contributed by atoms with Crippen molar-refractivity contribution in [1.29, 1.82) is 0 Å². The van der Waals surface area contributed by atoms with E-state index in [1.807, 2.05) is 60.7 Å². The molecule has 0 spiro atoms. The highest BCUT2D eigenvalue weighted by atomic mass is 35.5. The van der Waals surface area contributed by atoms with E-state index in [0.29, 0.717) is 16.5 Å². The zero-order valence-electron chi connectivity index (χ0n) is 22.3. The summed E-state index contributed by atoms with van der Waals surface area (Å²) < 4.78 is 34.9. The van der Waals surface area contributed by atoms with Crippen molar-refractivity contribution < 1.29 is 23.1 Å². The molecular formula is C32H27ClN2O5S2. The Balaban J connectivity index is 1.33. The van der Waals surface area contributed by atoms with Crippen LogP contribution in [-0.2, 0) is 22.4 Å². The number of nitrogens with zero attached hydrogens (tertiary/aromatic N) is 1. The second-order valence-corrected chi connectivity index (χ2v) is 12.9. The average molecular weight is 619 g/mol. The van der Waals surface area contributed by atoms with Gasteiger partial charge < -0.3 is 9.84 Å². The number of rotatable bonds is 12. The Kier molecular flexibility index (Phi) is 9.44. The van der Waals surface area contributed by atoms with Gasteiger partial charge in [0.15, 0.2) is 0 Å². The Labute approximate surface area is 253 Å². The molecule has 0 aliphatic heterocycles. The Morgan fingerprint density at radius 2 is 1.69 bits per heavy atom. The van der Waals surface area contributed by atoms with Gasteiger partial charge in [0, 0.05) is 28.0 Å². The topological polar surface area (TPSA) is 106 Å². The third-order valence-corrected chi connectivity index (χ3v) is 9.54. The minimum atomic E-state index is -3.78. The van der Waals surface area contributed by atoms with Crippen LogP contribution in [0.2, 0.25) is 5.02 Å². The Morgan fingerprint density at radius 1 is 0.929 bits per heavy atom. The maximum atomic E-state index is 13.0. The van der Waals surface area contributed by atoms with Gasteiger partial charge in [0.05, 0.1) is 21.7 Å². The number of aromatic nitrogens is 1. The molecule has 0 radical (unpaired) electrons. The van der Waals surface area contributed by atoms with Gasteiger partial charge in [0.2, 0.25) is 10.0 Å². The van der Waals surface area contributed by atoms with Crippen LogP contribution >= 0.6 is 23.4 Å². The number of fused-ring (bicyclic) bond motifs is 1. The quantitative estimate of drug-likeness (QED) is 0.153. The van der Waals surface area contributed by atoms with E-state index in [1.54, 1.807) is 36.0 Å². The summed E-state index contributed by atoms with van der Waals surface area (Å²) in [6.45, 7) is 0.406. The van der Waals surface area contributed by atoms with Gasteiger partial charge in [-0.15, -0.1) is 11.8 Å². The molecule has 0 amide bonds. The SMILES string of the molecule is O=C(O)c1ccc(CSC(CNS(=O)(=O)c2ccc(Cl)cc2)c2cccc(OCc3ccc4ccccc4n3)c2)cc1. The van der Waals surface area contributed by atoms with Crippen LogP contribution in [0, 0.1) is 0 Å². The number of ether oxygens (including phenoxy) is 1. The van der Waals surface area contributed by atoms with Crippen LogP contribution in [0.4, 0.5) is 0 Å². The number of nitrogens with one attached hydrogen (secondary N) is 1. The molecule has 0 aliphatic rings. The number of carbonyl (C=O) groups is 1. The van der Waals surface area contributed by atoms with E-state index in [9.17, 15) is 18.3 Å². The number of hydrogen-bond donors (Lipinski definition) is 2. The zero-order valence-corrected chi connectivity index (χ0v) is 24.7. The molecule has 5 rings (SSSR count). The summed E-state index contributed by atoms with van der Waals surface area (Å²) in [7, 11) is -3.78. The summed E-state index contributed by atoms with van der Waals surface area (Å²) in [5.74, 6) is 0.193. The second kappa shape index (κ2) is 13.4. The van der Waals surface area contributed by atoms with E-state index in [4.69, 9.17) is 16.3 Å². The van der Waals surface area contributed by atoms with E-state index in [-0.39, 0.29) is 28.9 Å². The maximum Gasteiger partial charge on any atom is 0.335 e. The summed E-state index contributed by atoms with van der Waals surface area (Å²) in [5.41, 5.74) is 3.70. The van der Waals surface area contributed by atoms with E-state index >= 15 is 0 Å². The predicted octanol–water partition coefficient (Wildman–Crippen LogP) is 7.12. The molecule has 0 saturated carbocycles. The number of pyridine rings is 1. The van der Waals surface area contributed by atoms with Gasteiger partial charge in [-0.3, -0.25) is 0 Å². The summed E-state index contributed by atoms with van der Waals surface area (Å²) in [4.78, 5) is 16.0. The van der Waals surface area contributed by atoms with Crippen LogP contribution in [0.3, 0.4) is 0 Å². The number of benzene rings is 4. The Morgan fingerprint density at radius 3 is 2.45 bits per heavy atom. The van der Waals surface area contributed by atoms with Gasteiger partial charge in [0.25, 0.3) is 0 Å². The average Bonchev–Trinajstić information content (AvgIpc) is 3.00. The van der Waals surface area contributed by atoms with Gasteiger partial charge in [0.1, 0.15) is 12.4 Å². The third-order valence-electron chi connectivity index (χ3n) is 6.51.